The fourth-order valence-corrected chi connectivity index (χ4v) is 1.85. The molecule has 2 rings (SSSR count). The van der Waals surface area contributed by atoms with E-state index in [1.165, 1.54) is 6.07 Å². The first-order chi connectivity index (χ1) is 8.54. The molecular formula is C14H9F3O. The van der Waals surface area contributed by atoms with Gasteiger partial charge in [0.2, 0.25) is 0 Å². The Kier molecular flexibility index (Phi) is 3.19. The van der Waals surface area contributed by atoms with E-state index >= 15 is 0 Å². The molecule has 2 aliphatic rings. The minimum atomic E-state index is -4.55. The minimum absolute atomic E-state index is 0.0285. The van der Waals surface area contributed by atoms with Gasteiger partial charge in [-0.15, -0.1) is 0 Å². The largest absolute Gasteiger partial charge is 0.417 e. The molecule has 92 valence electrons. The fraction of sp³-hybridized carbons (Fsp3) is 0.0714. The van der Waals surface area contributed by atoms with Gasteiger partial charge in [0.15, 0.2) is 0 Å². The maximum atomic E-state index is 12.9. The van der Waals surface area contributed by atoms with Crippen molar-refractivity contribution in [2.45, 2.75) is 6.18 Å². The van der Waals surface area contributed by atoms with Crippen LogP contribution < -0.4 is 0 Å². The van der Waals surface area contributed by atoms with Crippen molar-refractivity contribution in [3.05, 3.63) is 54.1 Å². The van der Waals surface area contributed by atoms with Crippen molar-refractivity contribution >= 4 is 11.9 Å². The molecule has 18 heavy (non-hydrogen) atoms. The van der Waals surface area contributed by atoms with Crippen molar-refractivity contribution in [3.63, 3.8) is 0 Å². The molecule has 0 radical (unpaired) electrons. The molecule has 0 fully saturated rings. The Hall–Kier alpha value is -2.10. The Balaban J connectivity index is 2.63. The van der Waals surface area contributed by atoms with Crippen LogP contribution in [0.1, 0.15) is 5.56 Å². The summed E-state index contributed by atoms with van der Waals surface area (Å²) in [6, 6.07) is 11.5. The molecule has 4 heteroatoms. The van der Waals surface area contributed by atoms with Crippen LogP contribution >= 0.6 is 0 Å². The molecule has 0 saturated heterocycles. The van der Waals surface area contributed by atoms with E-state index in [0.29, 0.717) is 17.2 Å². The number of halogens is 3. The van der Waals surface area contributed by atoms with E-state index in [2.05, 4.69) is 0 Å². The lowest BCUT2D eigenvalue weighted by Crippen LogP contribution is -2.10. The van der Waals surface area contributed by atoms with Crippen LogP contribution in [0.5, 0.6) is 0 Å². The molecule has 0 N–H and O–H groups in total. The van der Waals surface area contributed by atoms with Crippen LogP contribution in [0, 0.1) is 0 Å². The highest BCUT2D eigenvalue weighted by Crippen LogP contribution is 2.40. The highest BCUT2D eigenvalue weighted by molar-refractivity contribution is 5.91. The molecule has 0 aliphatic heterocycles. The standard InChI is InChI=1S/C14H9F3O/c15-14(16,17)13(8-9-18)12-7-6-10-4-2-1-3-5-11(10)12/h1-9H/b13-8+. The SMILES string of the molecule is O=C/C=C(\c1ccc2cccccc1-2)C(F)(F)F. The summed E-state index contributed by atoms with van der Waals surface area (Å²) >= 11 is 0. The molecule has 0 heterocycles. The van der Waals surface area contributed by atoms with E-state index in [9.17, 15) is 18.0 Å². The third-order valence-corrected chi connectivity index (χ3v) is 2.62. The molecule has 0 saturated carbocycles. The second-order valence-corrected chi connectivity index (χ2v) is 3.74. The predicted molar refractivity (Wildman–Crippen MR) is 63.2 cm³/mol. The molecule has 2 aliphatic carbocycles. The van der Waals surface area contributed by atoms with Crippen molar-refractivity contribution < 1.29 is 18.0 Å². The number of carbonyl (C=O) groups excluding carboxylic acids is 1. The number of allylic oxidation sites excluding steroid dienone is 2. The van der Waals surface area contributed by atoms with Crippen LogP contribution in [-0.4, -0.2) is 12.5 Å². The molecule has 0 spiro atoms. The van der Waals surface area contributed by atoms with Gasteiger partial charge >= 0.3 is 6.18 Å². The first-order valence-electron chi connectivity index (χ1n) is 5.25. The lowest BCUT2D eigenvalue weighted by atomic mass is 10.0. The maximum absolute atomic E-state index is 12.9. The van der Waals surface area contributed by atoms with Crippen molar-refractivity contribution in [3.8, 4) is 11.1 Å². The van der Waals surface area contributed by atoms with Crippen molar-refractivity contribution in [2.24, 2.45) is 0 Å². The second-order valence-electron chi connectivity index (χ2n) is 3.74. The molecule has 0 amide bonds. The molecule has 0 aromatic rings. The van der Waals surface area contributed by atoms with Crippen LogP contribution in [0.25, 0.3) is 16.7 Å². The summed E-state index contributed by atoms with van der Waals surface area (Å²) in [6.45, 7) is 0. The number of rotatable bonds is 2. The Morgan fingerprint density at radius 1 is 1.00 bits per heavy atom. The lowest BCUT2D eigenvalue weighted by Gasteiger charge is -2.11. The van der Waals surface area contributed by atoms with Crippen LogP contribution in [0.15, 0.2) is 48.5 Å². The fourth-order valence-electron chi connectivity index (χ4n) is 1.85. The number of alkyl halides is 3. The summed E-state index contributed by atoms with van der Waals surface area (Å²) in [5.41, 5.74) is 0.293. The zero-order chi connectivity index (χ0) is 13.2. The normalized spacial score (nSPS) is 12.7. The molecule has 0 atom stereocenters. The average Bonchev–Trinajstić information content (AvgIpc) is 2.54. The Bertz CT molecular complexity index is 570. The molecule has 0 aromatic carbocycles. The van der Waals surface area contributed by atoms with Crippen LogP contribution in [0.2, 0.25) is 0 Å². The average molecular weight is 250 g/mol. The van der Waals surface area contributed by atoms with Gasteiger partial charge in [-0.2, -0.15) is 13.2 Å². The Morgan fingerprint density at radius 3 is 2.39 bits per heavy atom. The second kappa shape index (κ2) is 4.64. The first kappa shape index (κ1) is 12.4. The number of hydrogen-bond donors (Lipinski definition) is 0. The van der Waals surface area contributed by atoms with Gasteiger partial charge in [-0.1, -0.05) is 42.5 Å². The van der Waals surface area contributed by atoms with Gasteiger partial charge in [0.05, 0.1) is 5.57 Å². The summed E-state index contributed by atoms with van der Waals surface area (Å²) in [4.78, 5) is 10.4. The number of carbonyl (C=O) groups is 1. The van der Waals surface area contributed by atoms with Gasteiger partial charge in [0, 0.05) is 0 Å². The summed E-state index contributed by atoms with van der Waals surface area (Å²) in [5.74, 6) is 0. The van der Waals surface area contributed by atoms with Gasteiger partial charge < -0.3 is 0 Å². The monoisotopic (exact) mass is 250 g/mol. The topological polar surface area (TPSA) is 17.1 Å². The quantitative estimate of drug-likeness (QED) is 0.583. The predicted octanol–water partition coefficient (Wildman–Crippen LogP) is 3.94. The smallest absolute Gasteiger partial charge is 0.299 e. The number of fused-ring (bicyclic) bond motifs is 1. The summed E-state index contributed by atoms with van der Waals surface area (Å²) < 4.78 is 38.6. The minimum Gasteiger partial charge on any atom is -0.299 e. The van der Waals surface area contributed by atoms with Gasteiger partial charge in [0.25, 0.3) is 0 Å². The summed E-state index contributed by atoms with van der Waals surface area (Å²) in [6.07, 6.45) is -3.83. The molecule has 0 aromatic heterocycles. The van der Waals surface area contributed by atoms with E-state index in [1.807, 2.05) is 0 Å². The third-order valence-electron chi connectivity index (χ3n) is 2.62. The zero-order valence-corrected chi connectivity index (χ0v) is 9.24. The van der Waals surface area contributed by atoms with Gasteiger partial charge in [-0.05, 0) is 22.8 Å². The zero-order valence-electron chi connectivity index (χ0n) is 9.24. The van der Waals surface area contributed by atoms with E-state index in [4.69, 9.17) is 0 Å². The van der Waals surface area contributed by atoms with Gasteiger partial charge in [-0.3, -0.25) is 4.79 Å². The Labute approximate surface area is 102 Å². The number of hydrogen-bond acceptors (Lipinski definition) is 1. The maximum Gasteiger partial charge on any atom is 0.417 e. The number of aldehydes is 1. The molecular weight excluding hydrogens is 241 g/mol. The first-order valence-corrected chi connectivity index (χ1v) is 5.25. The molecule has 0 unspecified atom stereocenters. The van der Waals surface area contributed by atoms with Crippen molar-refractivity contribution in [2.75, 3.05) is 0 Å². The van der Waals surface area contributed by atoms with Crippen LogP contribution in [0.3, 0.4) is 0 Å². The van der Waals surface area contributed by atoms with E-state index in [-0.39, 0.29) is 11.8 Å². The van der Waals surface area contributed by atoms with Crippen LogP contribution in [-0.2, 0) is 4.79 Å². The highest BCUT2D eigenvalue weighted by atomic mass is 19.4. The van der Waals surface area contributed by atoms with Crippen molar-refractivity contribution in [1.29, 1.82) is 0 Å². The molecule has 0 bridgehead atoms. The lowest BCUT2D eigenvalue weighted by molar-refractivity contribution is -0.104. The summed E-state index contributed by atoms with van der Waals surface area (Å²) in [5, 5.41) is 0. The highest BCUT2D eigenvalue weighted by Gasteiger charge is 2.36. The van der Waals surface area contributed by atoms with Gasteiger partial charge in [-0.25, -0.2) is 0 Å². The van der Waals surface area contributed by atoms with E-state index < -0.39 is 11.7 Å². The van der Waals surface area contributed by atoms with E-state index in [1.54, 1.807) is 36.4 Å². The molecule has 1 nitrogen and oxygen atoms in total. The Morgan fingerprint density at radius 2 is 1.72 bits per heavy atom. The third kappa shape index (κ3) is 2.27. The van der Waals surface area contributed by atoms with E-state index in [0.717, 1.165) is 0 Å². The van der Waals surface area contributed by atoms with Crippen molar-refractivity contribution in [1.82, 2.24) is 0 Å². The van der Waals surface area contributed by atoms with Gasteiger partial charge in [0.1, 0.15) is 6.29 Å². The van der Waals surface area contributed by atoms with Crippen LogP contribution in [0.4, 0.5) is 13.2 Å². The summed E-state index contributed by atoms with van der Waals surface area (Å²) in [7, 11) is 0.